The molecule has 0 spiro atoms. The summed E-state index contributed by atoms with van der Waals surface area (Å²) in [6, 6.07) is 1.23. The van der Waals surface area contributed by atoms with Crippen molar-refractivity contribution in [3.8, 4) is 5.75 Å². The summed E-state index contributed by atoms with van der Waals surface area (Å²) in [5, 5.41) is 8.81. The Hall–Kier alpha value is -2.00. The van der Waals surface area contributed by atoms with E-state index >= 15 is 0 Å². The van der Waals surface area contributed by atoms with E-state index in [1.807, 2.05) is 6.92 Å². The van der Waals surface area contributed by atoms with Crippen molar-refractivity contribution in [2.75, 3.05) is 0 Å². The number of hydrogen-bond acceptors (Lipinski definition) is 4. The molecule has 2 rings (SSSR count). The van der Waals surface area contributed by atoms with E-state index in [1.54, 1.807) is 10.9 Å². The van der Waals surface area contributed by atoms with E-state index < -0.39 is 32.3 Å². The fourth-order valence-electron chi connectivity index (χ4n) is 1.65. The number of primary sulfonamides is 1. The molecule has 0 saturated carbocycles. The maximum Gasteiger partial charge on any atom is 0.238 e. The SMILES string of the molecule is CCn1cc(COc2c(F)cc(S(N)(=O)=O)cc2F)cn1. The summed E-state index contributed by atoms with van der Waals surface area (Å²) < 4.78 is 56.2. The van der Waals surface area contributed by atoms with E-state index in [0.29, 0.717) is 24.2 Å². The number of halogens is 2. The molecule has 0 bridgehead atoms. The van der Waals surface area contributed by atoms with Crippen LogP contribution in [0.2, 0.25) is 0 Å². The number of aromatic nitrogens is 2. The minimum absolute atomic E-state index is 0.0947. The van der Waals surface area contributed by atoms with Gasteiger partial charge in [-0.2, -0.15) is 5.10 Å². The van der Waals surface area contributed by atoms with Crippen LogP contribution in [0, 0.1) is 11.6 Å². The molecule has 2 aromatic rings. The normalized spacial score (nSPS) is 11.6. The Morgan fingerprint density at radius 3 is 2.43 bits per heavy atom. The van der Waals surface area contributed by atoms with Gasteiger partial charge in [0.25, 0.3) is 0 Å². The molecule has 0 fully saturated rings. The highest BCUT2D eigenvalue weighted by Gasteiger charge is 2.18. The number of aryl methyl sites for hydroxylation is 1. The second-order valence-electron chi connectivity index (χ2n) is 4.25. The molecule has 1 aromatic carbocycles. The molecule has 0 unspecified atom stereocenters. The van der Waals surface area contributed by atoms with Crippen LogP contribution in [0.3, 0.4) is 0 Å². The third kappa shape index (κ3) is 3.56. The molecule has 9 heteroatoms. The van der Waals surface area contributed by atoms with Gasteiger partial charge < -0.3 is 4.74 Å². The van der Waals surface area contributed by atoms with E-state index in [9.17, 15) is 17.2 Å². The Morgan fingerprint density at radius 2 is 1.95 bits per heavy atom. The van der Waals surface area contributed by atoms with Crippen molar-refractivity contribution in [3.63, 3.8) is 0 Å². The van der Waals surface area contributed by atoms with Gasteiger partial charge in [0.2, 0.25) is 10.0 Å². The second kappa shape index (κ2) is 5.78. The highest BCUT2D eigenvalue weighted by Crippen LogP contribution is 2.25. The first-order valence-electron chi connectivity index (χ1n) is 5.97. The van der Waals surface area contributed by atoms with Crippen molar-refractivity contribution in [3.05, 3.63) is 41.7 Å². The van der Waals surface area contributed by atoms with Gasteiger partial charge >= 0.3 is 0 Å². The number of nitrogens with two attached hydrogens (primary N) is 1. The number of hydrogen-bond donors (Lipinski definition) is 1. The van der Waals surface area contributed by atoms with Gasteiger partial charge in [-0.15, -0.1) is 0 Å². The Morgan fingerprint density at radius 1 is 1.33 bits per heavy atom. The monoisotopic (exact) mass is 317 g/mol. The fourth-order valence-corrected chi connectivity index (χ4v) is 2.18. The minimum Gasteiger partial charge on any atom is -0.483 e. The zero-order valence-corrected chi connectivity index (χ0v) is 11.9. The van der Waals surface area contributed by atoms with E-state index in [0.717, 1.165) is 0 Å². The van der Waals surface area contributed by atoms with Crippen molar-refractivity contribution < 1.29 is 21.9 Å². The summed E-state index contributed by atoms with van der Waals surface area (Å²) in [6.07, 6.45) is 3.19. The first kappa shape index (κ1) is 15.4. The van der Waals surface area contributed by atoms with Crippen LogP contribution >= 0.6 is 0 Å². The molecule has 0 radical (unpaired) electrons. The molecule has 0 aliphatic rings. The molecular weight excluding hydrogens is 304 g/mol. The average Bonchev–Trinajstić information content (AvgIpc) is 2.84. The minimum atomic E-state index is -4.18. The summed E-state index contributed by atoms with van der Waals surface area (Å²) in [5.41, 5.74) is 0.631. The quantitative estimate of drug-likeness (QED) is 0.903. The van der Waals surface area contributed by atoms with Gasteiger partial charge in [0.05, 0.1) is 11.1 Å². The lowest BCUT2D eigenvalue weighted by Gasteiger charge is -2.08. The van der Waals surface area contributed by atoms with E-state index in [2.05, 4.69) is 5.10 Å². The molecular formula is C12H13F2N3O3S. The maximum absolute atomic E-state index is 13.7. The smallest absolute Gasteiger partial charge is 0.238 e. The number of benzene rings is 1. The molecule has 114 valence electrons. The van der Waals surface area contributed by atoms with E-state index in [-0.39, 0.29) is 6.61 Å². The summed E-state index contributed by atoms with van der Waals surface area (Å²) >= 11 is 0. The lowest BCUT2D eigenvalue weighted by atomic mass is 10.3. The highest BCUT2D eigenvalue weighted by atomic mass is 32.2. The van der Waals surface area contributed by atoms with Crippen LogP contribution in [0.1, 0.15) is 12.5 Å². The molecule has 1 aromatic heterocycles. The van der Waals surface area contributed by atoms with E-state index in [4.69, 9.17) is 9.88 Å². The lowest BCUT2D eigenvalue weighted by molar-refractivity contribution is 0.273. The zero-order chi connectivity index (χ0) is 15.6. The molecule has 2 N–H and O–H groups in total. The average molecular weight is 317 g/mol. The summed E-state index contributed by atoms with van der Waals surface area (Å²) in [4.78, 5) is -0.649. The van der Waals surface area contributed by atoms with Gasteiger partial charge in [-0.1, -0.05) is 0 Å². The molecule has 0 atom stereocenters. The van der Waals surface area contributed by atoms with Gasteiger partial charge in [-0.3, -0.25) is 4.68 Å². The lowest BCUT2D eigenvalue weighted by Crippen LogP contribution is -2.13. The first-order valence-corrected chi connectivity index (χ1v) is 7.52. The number of ether oxygens (including phenoxy) is 1. The Bertz CT molecular complexity index is 736. The van der Waals surface area contributed by atoms with Crippen molar-refractivity contribution in [2.45, 2.75) is 25.0 Å². The maximum atomic E-state index is 13.7. The molecule has 0 saturated heterocycles. The zero-order valence-electron chi connectivity index (χ0n) is 11.1. The van der Waals surface area contributed by atoms with Crippen LogP contribution in [0.25, 0.3) is 0 Å². The molecule has 0 aliphatic carbocycles. The van der Waals surface area contributed by atoms with Crippen LogP contribution in [-0.4, -0.2) is 18.2 Å². The van der Waals surface area contributed by atoms with Gasteiger partial charge in [-0.05, 0) is 19.1 Å². The van der Waals surface area contributed by atoms with Gasteiger partial charge in [0, 0.05) is 18.3 Å². The van der Waals surface area contributed by atoms with Gasteiger partial charge in [0.1, 0.15) is 6.61 Å². The standard InChI is InChI=1S/C12H13F2N3O3S/c1-2-17-6-8(5-16-17)7-20-12-10(13)3-9(4-11(12)14)21(15,18)19/h3-6H,2,7H2,1H3,(H2,15,18,19). The third-order valence-corrected chi connectivity index (χ3v) is 3.59. The highest BCUT2D eigenvalue weighted by molar-refractivity contribution is 7.89. The van der Waals surface area contributed by atoms with Gasteiger partial charge in [0.15, 0.2) is 17.4 Å². The van der Waals surface area contributed by atoms with Crippen LogP contribution in [0.15, 0.2) is 29.4 Å². The largest absolute Gasteiger partial charge is 0.483 e. The van der Waals surface area contributed by atoms with Crippen molar-refractivity contribution in [2.24, 2.45) is 5.14 Å². The van der Waals surface area contributed by atoms with Crippen LogP contribution in [0.4, 0.5) is 8.78 Å². The van der Waals surface area contributed by atoms with Crippen molar-refractivity contribution >= 4 is 10.0 Å². The number of sulfonamides is 1. The van der Waals surface area contributed by atoms with Crippen LogP contribution in [0.5, 0.6) is 5.75 Å². The Labute approximate surface area is 120 Å². The first-order chi connectivity index (χ1) is 9.81. The topological polar surface area (TPSA) is 87.2 Å². The molecule has 21 heavy (non-hydrogen) atoms. The van der Waals surface area contributed by atoms with Gasteiger partial charge in [-0.25, -0.2) is 22.3 Å². The van der Waals surface area contributed by atoms with Crippen molar-refractivity contribution in [1.82, 2.24) is 9.78 Å². The molecule has 0 amide bonds. The summed E-state index contributed by atoms with van der Waals surface area (Å²) in [6.45, 7) is 2.46. The van der Waals surface area contributed by atoms with E-state index in [1.165, 1.54) is 6.20 Å². The Kier molecular flexibility index (Phi) is 4.24. The Balaban J connectivity index is 2.21. The van der Waals surface area contributed by atoms with Crippen molar-refractivity contribution in [1.29, 1.82) is 0 Å². The van der Waals surface area contributed by atoms with Crippen LogP contribution in [-0.2, 0) is 23.2 Å². The number of rotatable bonds is 5. The fraction of sp³-hybridized carbons (Fsp3) is 0.250. The predicted octanol–water partition coefficient (Wildman–Crippen LogP) is 1.41. The third-order valence-electron chi connectivity index (χ3n) is 2.69. The predicted molar refractivity (Wildman–Crippen MR) is 70.0 cm³/mol. The summed E-state index contributed by atoms with van der Waals surface area (Å²) in [5.74, 6) is -2.93. The molecule has 6 nitrogen and oxygen atoms in total. The molecule has 1 heterocycles. The molecule has 0 aliphatic heterocycles. The summed E-state index contributed by atoms with van der Waals surface area (Å²) in [7, 11) is -4.18. The number of nitrogens with zero attached hydrogens (tertiary/aromatic N) is 2. The van der Waals surface area contributed by atoms with Crippen LogP contribution < -0.4 is 9.88 Å². The second-order valence-corrected chi connectivity index (χ2v) is 5.82.